The summed E-state index contributed by atoms with van der Waals surface area (Å²) in [6.07, 6.45) is 2.21. The Hall–Kier alpha value is -3.52. The van der Waals surface area contributed by atoms with Crippen LogP contribution < -0.4 is 19.7 Å². The van der Waals surface area contributed by atoms with Gasteiger partial charge in [-0.3, -0.25) is 14.3 Å². The highest BCUT2D eigenvalue weighted by Crippen LogP contribution is 2.37. The van der Waals surface area contributed by atoms with Crippen LogP contribution in [0.25, 0.3) is 0 Å². The van der Waals surface area contributed by atoms with Gasteiger partial charge in [0.25, 0.3) is 11.8 Å². The first-order valence-electron chi connectivity index (χ1n) is 11.0. The Balaban J connectivity index is 1.67. The van der Waals surface area contributed by atoms with E-state index in [1.165, 1.54) is 7.11 Å². The smallest absolute Gasteiger partial charge is 0.258 e. The Morgan fingerprint density at radius 1 is 1.12 bits per heavy atom. The molecule has 0 unspecified atom stereocenters. The molecule has 0 aliphatic carbocycles. The van der Waals surface area contributed by atoms with Crippen molar-refractivity contribution in [1.82, 2.24) is 15.1 Å². The van der Waals surface area contributed by atoms with Crippen LogP contribution in [0.4, 0.5) is 5.69 Å². The molecule has 9 heteroatoms. The number of fused-ring (bicyclic) bond motifs is 1. The van der Waals surface area contributed by atoms with Gasteiger partial charge in [-0.05, 0) is 50.6 Å². The largest absolute Gasteiger partial charge is 0.493 e. The number of hydrogen-bond acceptors (Lipinski definition) is 5. The second-order valence-corrected chi connectivity index (χ2v) is 8.68. The number of hydrogen-bond donors (Lipinski definition) is 1. The van der Waals surface area contributed by atoms with Gasteiger partial charge in [0.05, 0.1) is 48.4 Å². The van der Waals surface area contributed by atoms with Crippen molar-refractivity contribution in [2.24, 2.45) is 0 Å². The molecule has 8 nitrogen and oxygen atoms in total. The fourth-order valence-corrected chi connectivity index (χ4v) is 4.42. The highest BCUT2D eigenvalue weighted by Gasteiger charge is 2.35. The lowest BCUT2D eigenvalue weighted by Crippen LogP contribution is -2.41. The number of carbonyl (C=O) groups excluding carboxylic acids is 2. The van der Waals surface area contributed by atoms with Gasteiger partial charge < -0.3 is 19.7 Å². The molecule has 1 aromatic heterocycles. The first-order chi connectivity index (χ1) is 16.3. The van der Waals surface area contributed by atoms with E-state index in [2.05, 4.69) is 10.4 Å². The van der Waals surface area contributed by atoms with Crippen molar-refractivity contribution in [3.63, 3.8) is 0 Å². The molecule has 2 aromatic carbocycles. The quantitative estimate of drug-likeness (QED) is 0.552. The van der Waals surface area contributed by atoms with Crippen molar-refractivity contribution >= 4 is 29.1 Å². The summed E-state index contributed by atoms with van der Waals surface area (Å²) in [6.45, 7) is 4.43. The number of ether oxygens (including phenoxy) is 2. The molecule has 4 rings (SSSR count). The minimum absolute atomic E-state index is 0.0413. The van der Waals surface area contributed by atoms with Crippen molar-refractivity contribution in [2.45, 2.75) is 32.4 Å². The Labute approximate surface area is 203 Å². The predicted octanol–water partition coefficient (Wildman–Crippen LogP) is 4.66. The average Bonchev–Trinajstić information content (AvgIpc) is 3.29. The molecule has 3 aromatic rings. The van der Waals surface area contributed by atoms with Crippen LogP contribution in [0.1, 0.15) is 58.8 Å². The molecular formula is C25H27ClN4O4. The number of nitrogens with zero attached hydrogens (tertiary/aromatic N) is 3. The number of anilines is 1. The summed E-state index contributed by atoms with van der Waals surface area (Å²) in [5, 5.41) is 8.01. The summed E-state index contributed by atoms with van der Waals surface area (Å²) in [7, 11) is 3.08. The van der Waals surface area contributed by atoms with Gasteiger partial charge in [0.2, 0.25) is 0 Å². The lowest BCUT2D eigenvalue weighted by molar-refractivity contribution is 0.0931. The first kappa shape index (κ1) is 23.6. The van der Waals surface area contributed by atoms with Crippen LogP contribution in [0, 0.1) is 0 Å². The van der Waals surface area contributed by atoms with Crippen LogP contribution in [0.5, 0.6) is 11.5 Å². The third kappa shape index (κ3) is 4.33. The Morgan fingerprint density at radius 3 is 2.53 bits per heavy atom. The minimum atomic E-state index is -0.321. The van der Waals surface area contributed by atoms with Gasteiger partial charge in [0.15, 0.2) is 11.5 Å². The maximum atomic E-state index is 13.5. The van der Waals surface area contributed by atoms with E-state index >= 15 is 0 Å². The fourth-order valence-electron chi connectivity index (χ4n) is 4.19. The molecule has 2 amide bonds. The van der Waals surface area contributed by atoms with Crippen molar-refractivity contribution in [3.8, 4) is 11.5 Å². The number of halogens is 1. The molecule has 0 spiro atoms. The van der Waals surface area contributed by atoms with Crippen LogP contribution in [0.15, 0.2) is 48.7 Å². The summed E-state index contributed by atoms with van der Waals surface area (Å²) < 4.78 is 12.5. The maximum absolute atomic E-state index is 13.5. The maximum Gasteiger partial charge on any atom is 0.258 e. The number of benzene rings is 2. The van der Waals surface area contributed by atoms with E-state index in [1.54, 1.807) is 60.7 Å². The second-order valence-electron chi connectivity index (χ2n) is 8.27. The zero-order valence-corrected chi connectivity index (χ0v) is 20.3. The van der Waals surface area contributed by atoms with Crippen molar-refractivity contribution in [3.05, 3.63) is 70.5 Å². The number of aromatic nitrogens is 2. The van der Waals surface area contributed by atoms with Crippen LogP contribution >= 0.6 is 11.6 Å². The SMILES string of the molecule is COc1ccc(C(=O)N2CC[C@H](NC(=O)c3ccccc3Cl)c3c2cnn3C(C)C)cc1OC. The van der Waals surface area contributed by atoms with E-state index < -0.39 is 0 Å². The van der Waals surface area contributed by atoms with Gasteiger partial charge in [-0.2, -0.15) is 5.10 Å². The molecule has 0 bridgehead atoms. The van der Waals surface area contributed by atoms with E-state index in [1.807, 2.05) is 18.5 Å². The lowest BCUT2D eigenvalue weighted by Gasteiger charge is -2.33. The molecule has 0 radical (unpaired) electrons. The molecule has 178 valence electrons. The number of nitrogens with one attached hydrogen (secondary N) is 1. The zero-order chi connectivity index (χ0) is 24.4. The van der Waals surface area contributed by atoms with E-state index in [0.29, 0.717) is 46.3 Å². The molecule has 0 fully saturated rings. The van der Waals surface area contributed by atoms with Gasteiger partial charge in [0.1, 0.15) is 0 Å². The lowest BCUT2D eigenvalue weighted by atomic mass is 10.0. The third-order valence-corrected chi connectivity index (χ3v) is 6.19. The number of methoxy groups -OCH3 is 2. The van der Waals surface area contributed by atoms with Crippen molar-refractivity contribution in [1.29, 1.82) is 0 Å². The van der Waals surface area contributed by atoms with Crippen LogP contribution in [0.3, 0.4) is 0 Å². The molecule has 1 aliphatic heterocycles. The first-order valence-corrected chi connectivity index (χ1v) is 11.4. The van der Waals surface area contributed by atoms with E-state index in [0.717, 1.165) is 5.69 Å². The monoisotopic (exact) mass is 482 g/mol. The summed E-state index contributed by atoms with van der Waals surface area (Å²) in [4.78, 5) is 28.2. The van der Waals surface area contributed by atoms with Gasteiger partial charge in [0, 0.05) is 18.2 Å². The summed E-state index contributed by atoms with van der Waals surface area (Å²) in [5.74, 6) is 0.584. The van der Waals surface area contributed by atoms with Crippen LogP contribution in [0.2, 0.25) is 5.02 Å². The number of rotatable bonds is 6. The highest BCUT2D eigenvalue weighted by molar-refractivity contribution is 6.33. The van der Waals surface area contributed by atoms with Crippen LogP contribution in [-0.2, 0) is 0 Å². The molecule has 1 aliphatic rings. The van der Waals surface area contributed by atoms with Crippen LogP contribution in [-0.4, -0.2) is 42.4 Å². The molecule has 0 saturated carbocycles. The molecule has 1 atom stereocenters. The Bertz CT molecular complexity index is 1220. The molecule has 2 heterocycles. The van der Waals surface area contributed by atoms with E-state index in [-0.39, 0.29) is 23.9 Å². The van der Waals surface area contributed by atoms with Gasteiger partial charge in [-0.1, -0.05) is 23.7 Å². The molecular weight excluding hydrogens is 456 g/mol. The minimum Gasteiger partial charge on any atom is -0.493 e. The topological polar surface area (TPSA) is 85.7 Å². The van der Waals surface area contributed by atoms with Gasteiger partial charge >= 0.3 is 0 Å². The van der Waals surface area contributed by atoms with E-state index in [9.17, 15) is 9.59 Å². The summed E-state index contributed by atoms with van der Waals surface area (Å²) in [5.41, 5.74) is 2.34. The summed E-state index contributed by atoms with van der Waals surface area (Å²) in [6, 6.07) is 11.7. The zero-order valence-electron chi connectivity index (χ0n) is 19.5. The second kappa shape index (κ2) is 9.77. The molecule has 34 heavy (non-hydrogen) atoms. The Kier molecular flexibility index (Phi) is 6.79. The van der Waals surface area contributed by atoms with Gasteiger partial charge in [-0.15, -0.1) is 0 Å². The standard InChI is InChI=1S/C25H27ClN4O4/c1-15(2)30-23-19(28-24(31)17-7-5-6-8-18(17)26)11-12-29(20(23)14-27-30)25(32)16-9-10-21(33-3)22(13-16)34-4/h5-10,13-15,19H,11-12H2,1-4H3,(H,28,31)/t19-/m0/s1. The van der Waals surface area contributed by atoms with E-state index in [4.69, 9.17) is 21.1 Å². The number of carbonyl (C=O) groups is 2. The predicted molar refractivity (Wildman–Crippen MR) is 130 cm³/mol. The molecule has 0 saturated heterocycles. The molecule has 1 N–H and O–H groups in total. The average molecular weight is 483 g/mol. The van der Waals surface area contributed by atoms with Crippen molar-refractivity contribution in [2.75, 3.05) is 25.7 Å². The van der Waals surface area contributed by atoms with Crippen molar-refractivity contribution < 1.29 is 19.1 Å². The normalized spacial score (nSPS) is 15.1. The highest BCUT2D eigenvalue weighted by atomic mass is 35.5. The number of amides is 2. The Morgan fingerprint density at radius 2 is 1.85 bits per heavy atom. The third-order valence-electron chi connectivity index (χ3n) is 5.86. The van der Waals surface area contributed by atoms with Gasteiger partial charge in [-0.25, -0.2) is 0 Å². The summed E-state index contributed by atoms with van der Waals surface area (Å²) >= 11 is 6.23. The fraction of sp³-hybridized carbons (Fsp3) is 0.320.